The first-order valence-electron chi connectivity index (χ1n) is 5.21. The van der Waals surface area contributed by atoms with E-state index in [0.29, 0.717) is 5.69 Å². The highest BCUT2D eigenvalue weighted by Gasteiger charge is 2.13. The molecule has 0 bridgehead atoms. The van der Waals surface area contributed by atoms with Crippen LogP contribution in [0.5, 0.6) is 0 Å². The third-order valence-corrected chi connectivity index (χ3v) is 3.58. The van der Waals surface area contributed by atoms with Gasteiger partial charge in [-0.15, -0.1) is 0 Å². The van der Waals surface area contributed by atoms with E-state index in [1.54, 1.807) is 0 Å². The lowest BCUT2D eigenvalue weighted by Crippen LogP contribution is -1.91. The van der Waals surface area contributed by atoms with Crippen LogP contribution in [0.4, 0.5) is 0 Å². The molecule has 0 saturated carbocycles. The SMILES string of the molecule is Cc1nsc2ccc(-c3cc(C(=O)O)on3)cc12. The Morgan fingerprint density at radius 1 is 1.39 bits per heavy atom. The molecule has 6 heteroatoms. The first kappa shape index (κ1) is 10.9. The van der Waals surface area contributed by atoms with Gasteiger partial charge in [0.25, 0.3) is 0 Å². The molecular formula is C12H8N2O3S. The Morgan fingerprint density at radius 2 is 2.22 bits per heavy atom. The van der Waals surface area contributed by atoms with Gasteiger partial charge in [0.1, 0.15) is 5.69 Å². The second kappa shape index (κ2) is 3.92. The standard InChI is InChI=1S/C12H8N2O3S/c1-6-8-4-7(2-3-11(8)18-14-6)9-5-10(12(15)16)17-13-9/h2-5H,1H3,(H,15,16). The number of hydrogen-bond donors (Lipinski definition) is 1. The van der Waals surface area contributed by atoms with Crippen LogP contribution >= 0.6 is 11.5 Å². The van der Waals surface area contributed by atoms with E-state index in [0.717, 1.165) is 21.3 Å². The Balaban J connectivity index is 2.12. The molecule has 0 fully saturated rings. The molecule has 2 heterocycles. The molecule has 0 aliphatic carbocycles. The zero-order chi connectivity index (χ0) is 12.7. The molecule has 90 valence electrons. The molecule has 1 N–H and O–H groups in total. The number of nitrogens with zero attached hydrogens (tertiary/aromatic N) is 2. The molecule has 3 aromatic rings. The van der Waals surface area contributed by atoms with Gasteiger partial charge in [-0.3, -0.25) is 0 Å². The van der Waals surface area contributed by atoms with E-state index in [1.807, 2.05) is 25.1 Å². The maximum Gasteiger partial charge on any atom is 0.374 e. The van der Waals surface area contributed by atoms with Gasteiger partial charge in [-0.2, -0.15) is 4.37 Å². The van der Waals surface area contributed by atoms with E-state index in [4.69, 9.17) is 9.63 Å². The van der Waals surface area contributed by atoms with Crippen LogP contribution in [0.2, 0.25) is 0 Å². The minimum atomic E-state index is -1.12. The summed E-state index contributed by atoms with van der Waals surface area (Å²) in [6.45, 7) is 1.94. The molecule has 0 amide bonds. The molecule has 0 unspecified atom stereocenters. The summed E-state index contributed by atoms with van der Waals surface area (Å²) in [6, 6.07) is 7.18. The summed E-state index contributed by atoms with van der Waals surface area (Å²) in [4.78, 5) is 10.7. The quantitative estimate of drug-likeness (QED) is 0.766. The topological polar surface area (TPSA) is 76.2 Å². The highest BCUT2D eigenvalue weighted by Crippen LogP contribution is 2.28. The average molecular weight is 260 g/mol. The van der Waals surface area contributed by atoms with Gasteiger partial charge in [0, 0.05) is 17.0 Å². The Kier molecular flexibility index (Phi) is 2.38. The Morgan fingerprint density at radius 3 is 2.94 bits per heavy atom. The fourth-order valence-corrected chi connectivity index (χ4v) is 2.50. The van der Waals surface area contributed by atoms with Gasteiger partial charge >= 0.3 is 5.97 Å². The van der Waals surface area contributed by atoms with Crippen molar-refractivity contribution in [1.82, 2.24) is 9.53 Å². The number of carboxylic acids is 1. The number of fused-ring (bicyclic) bond motifs is 1. The lowest BCUT2D eigenvalue weighted by molar-refractivity contribution is 0.0652. The molecular weight excluding hydrogens is 252 g/mol. The van der Waals surface area contributed by atoms with Crippen molar-refractivity contribution in [3.63, 3.8) is 0 Å². The molecule has 1 aromatic carbocycles. The summed E-state index contributed by atoms with van der Waals surface area (Å²) in [5, 5.41) is 13.6. The van der Waals surface area contributed by atoms with Crippen LogP contribution in [0.3, 0.4) is 0 Å². The summed E-state index contributed by atoms with van der Waals surface area (Å²) in [5.74, 6) is -1.28. The first-order valence-corrected chi connectivity index (χ1v) is 5.99. The van der Waals surface area contributed by atoms with Crippen molar-refractivity contribution in [2.45, 2.75) is 6.92 Å². The van der Waals surface area contributed by atoms with Gasteiger partial charge in [-0.1, -0.05) is 11.2 Å². The molecule has 18 heavy (non-hydrogen) atoms. The summed E-state index contributed by atoms with van der Waals surface area (Å²) < 4.78 is 10.1. The van der Waals surface area contributed by atoms with Crippen molar-refractivity contribution in [2.75, 3.05) is 0 Å². The summed E-state index contributed by atoms with van der Waals surface area (Å²) in [5.41, 5.74) is 2.29. The van der Waals surface area contributed by atoms with Gasteiger partial charge in [-0.05, 0) is 30.6 Å². The summed E-state index contributed by atoms with van der Waals surface area (Å²) in [7, 11) is 0. The Labute approximate surface area is 106 Å². The number of carboxylic acid groups (broad SMARTS) is 1. The van der Waals surface area contributed by atoms with Crippen molar-refractivity contribution in [3.8, 4) is 11.3 Å². The van der Waals surface area contributed by atoms with Gasteiger partial charge in [0.15, 0.2) is 0 Å². The monoisotopic (exact) mass is 260 g/mol. The second-order valence-corrected chi connectivity index (χ2v) is 4.67. The van der Waals surface area contributed by atoms with E-state index in [-0.39, 0.29) is 5.76 Å². The smallest absolute Gasteiger partial charge is 0.374 e. The summed E-state index contributed by atoms with van der Waals surface area (Å²) in [6.07, 6.45) is 0. The zero-order valence-electron chi connectivity index (χ0n) is 9.38. The van der Waals surface area contributed by atoms with Crippen LogP contribution in [-0.4, -0.2) is 20.6 Å². The minimum Gasteiger partial charge on any atom is -0.475 e. The molecule has 0 atom stereocenters. The largest absolute Gasteiger partial charge is 0.475 e. The number of aryl methyl sites for hydroxylation is 1. The number of hydrogen-bond acceptors (Lipinski definition) is 5. The van der Waals surface area contributed by atoms with E-state index < -0.39 is 5.97 Å². The predicted molar refractivity (Wildman–Crippen MR) is 66.8 cm³/mol. The van der Waals surface area contributed by atoms with Crippen LogP contribution in [0.1, 0.15) is 16.2 Å². The highest BCUT2D eigenvalue weighted by molar-refractivity contribution is 7.13. The van der Waals surface area contributed by atoms with Crippen LogP contribution < -0.4 is 0 Å². The molecule has 0 aliphatic rings. The molecule has 2 aromatic heterocycles. The Hall–Kier alpha value is -2.21. The number of aromatic carboxylic acids is 1. The second-order valence-electron chi connectivity index (χ2n) is 3.86. The van der Waals surface area contributed by atoms with Gasteiger partial charge < -0.3 is 9.63 Å². The third kappa shape index (κ3) is 1.67. The molecule has 3 rings (SSSR count). The number of aromatic nitrogens is 2. The summed E-state index contributed by atoms with van der Waals surface area (Å²) >= 11 is 1.44. The van der Waals surface area contributed by atoms with Crippen molar-refractivity contribution >= 4 is 27.6 Å². The molecule has 5 nitrogen and oxygen atoms in total. The van der Waals surface area contributed by atoms with Crippen molar-refractivity contribution in [2.24, 2.45) is 0 Å². The predicted octanol–water partition coefficient (Wildman–Crippen LogP) is 2.96. The van der Waals surface area contributed by atoms with Gasteiger partial charge in [0.05, 0.1) is 10.4 Å². The lowest BCUT2D eigenvalue weighted by Gasteiger charge is -1.95. The van der Waals surface area contributed by atoms with Gasteiger partial charge in [-0.25, -0.2) is 4.79 Å². The number of carbonyl (C=O) groups is 1. The maximum absolute atomic E-state index is 10.7. The van der Waals surface area contributed by atoms with E-state index in [2.05, 4.69) is 9.53 Å². The van der Waals surface area contributed by atoms with Crippen LogP contribution in [0.15, 0.2) is 28.8 Å². The van der Waals surface area contributed by atoms with Crippen LogP contribution in [0.25, 0.3) is 21.3 Å². The van der Waals surface area contributed by atoms with Crippen molar-refractivity contribution < 1.29 is 14.4 Å². The zero-order valence-corrected chi connectivity index (χ0v) is 10.2. The Bertz CT molecular complexity index is 745. The number of benzene rings is 1. The molecule has 0 aliphatic heterocycles. The molecule has 0 spiro atoms. The van der Waals surface area contributed by atoms with E-state index in [1.165, 1.54) is 17.6 Å². The fraction of sp³-hybridized carbons (Fsp3) is 0.0833. The average Bonchev–Trinajstić information content (AvgIpc) is 2.96. The highest BCUT2D eigenvalue weighted by atomic mass is 32.1. The maximum atomic E-state index is 10.7. The van der Waals surface area contributed by atoms with Crippen LogP contribution in [0, 0.1) is 6.92 Å². The van der Waals surface area contributed by atoms with E-state index in [9.17, 15) is 4.79 Å². The van der Waals surface area contributed by atoms with Gasteiger partial charge in [0.2, 0.25) is 5.76 Å². The minimum absolute atomic E-state index is 0.162. The van der Waals surface area contributed by atoms with Crippen molar-refractivity contribution in [1.29, 1.82) is 0 Å². The molecule has 0 saturated heterocycles. The lowest BCUT2D eigenvalue weighted by atomic mass is 10.1. The van der Waals surface area contributed by atoms with E-state index >= 15 is 0 Å². The molecule has 0 radical (unpaired) electrons. The van der Waals surface area contributed by atoms with Crippen LogP contribution in [-0.2, 0) is 0 Å². The third-order valence-electron chi connectivity index (χ3n) is 2.67. The first-order chi connectivity index (χ1) is 8.65. The van der Waals surface area contributed by atoms with Crippen molar-refractivity contribution in [3.05, 3.63) is 35.7 Å². The normalized spacial score (nSPS) is 10.9. The fourth-order valence-electron chi connectivity index (χ4n) is 1.73. The number of rotatable bonds is 2.